The molecule has 1 fully saturated rings. The monoisotopic (exact) mass is 340 g/mol. The van der Waals surface area contributed by atoms with Gasteiger partial charge in [-0.15, -0.1) is 12.4 Å². The summed E-state index contributed by atoms with van der Waals surface area (Å²) in [4.78, 5) is 14.4. The lowest BCUT2D eigenvalue weighted by molar-refractivity contribution is -0.133. The summed E-state index contributed by atoms with van der Waals surface area (Å²) < 4.78 is 5.16. The number of carbonyl (C=O) groups excluding carboxylic acids is 1. The number of benzene rings is 1. The van der Waals surface area contributed by atoms with Crippen LogP contribution < -0.4 is 10.1 Å². The van der Waals surface area contributed by atoms with E-state index >= 15 is 0 Å². The van der Waals surface area contributed by atoms with E-state index in [1.54, 1.807) is 7.11 Å². The standard InChI is InChI=1S/C18H28N2O2.ClH/c1-19-13-16-6-4-12-20(14-16)18(21)7-3-5-15-8-10-17(22-2)11-9-15;/h8-11,16,19H,3-7,12-14H2,1-2H3;1H. The number of likely N-dealkylation sites (tertiary alicyclic amines) is 1. The van der Waals surface area contributed by atoms with Gasteiger partial charge in [0, 0.05) is 19.5 Å². The highest BCUT2D eigenvalue weighted by Crippen LogP contribution is 2.18. The molecule has 0 bridgehead atoms. The molecule has 1 saturated heterocycles. The van der Waals surface area contributed by atoms with E-state index in [0.717, 1.165) is 44.6 Å². The molecule has 4 nitrogen and oxygen atoms in total. The number of ether oxygens (including phenoxy) is 1. The van der Waals surface area contributed by atoms with Crippen molar-refractivity contribution >= 4 is 18.3 Å². The number of nitrogens with zero attached hydrogens (tertiary/aromatic N) is 1. The van der Waals surface area contributed by atoms with Crippen LogP contribution in [0.2, 0.25) is 0 Å². The number of hydrogen-bond acceptors (Lipinski definition) is 3. The van der Waals surface area contributed by atoms with Crippen molar-refractivity contribution < 1.29 is 9.53 Å². The molecule has 1 aromatic rings. The lowest BCUT2D eigenvalue weighted by atomic mass is 9.97. The summed E-state index contributed by atoms with van der Waals surface area (Å²) in [6, 6.07) is 8.11. The first-order valence-corrected chi connectivity index (χ1v) is 8.28. The zero-order valence-electron chi connectivity index (χ0n) is 14.2. The second-order valence-electron chi connectivity index (χ2n) is 6.11. The second-order valence-corrected chi connectivity index (χ2v) is 6.11. The average Bonchev–Trinajstić information content (AvgIpc) is 2.56. The molecule has 1 aliphatic heterocycles. The summed E-state index contributed by atoms with van der Waals surface area (Å²) in [6.07, 6.45) is 4.88. The van der Waals surface area contributed by atoms with E-state index < -0.39 is 0 Å². The van der Waals surface area contributed by atoms with Crippen molar-refractivity contribution in [3.63, 3.8) is 0 Å². The van der Waals surface area contributed by atoms with E-state index in [2.05, 4.69) is 22.3 Å². The SMILES string of the molecule is CNCC1CCCN(C(=O)CCCc2ccc(OC)cc2)C1.Cl. The van der Waals surface area contributed by atoms with Crippen LogP contribution in [-0.4, -0.2) is 44.6 Å². The number of nitrogens with one attached hydrogen (secondary N) is 1. The smallest absolute Gasteiger partial charge is 0.222 e. The minimum Gasteiger partial charge on any atom is -0.497 e. The summed E-state index contributed by atoms with van der Waals surface area (Å²) in [7, 11) is 3.66. The highest BCUT2D eigenvalue weighted by molar-refractivity contribution is 5.85. The predicted octanol–water partition coefficient (Wildman–Crippen LogP) is 2.90. The van der Waals surface area contributed by atoms with Gasteiger partial charge in [0.1, 0.15) is 5.75 Å². The maximum atomic E-state index is 12.3. The van der Waals surface area contributed by atoms with Crippen LogP contribution in [0.15, 0.2) is 24.3 Å². The van der Waals surface area contributed by atoms with E-state index in [1.807, 2.05) is 19.2 Å². The van der Waals surface area contributed by atoms with Gasteiger partial charge in [-0.3, -0.25) is 4.79 Å². The lowest BCUT2D eigenvalue weighted by Crippen LogP contribution is -2.42. The summed E-state index contributed by atoms with van der Waals surface area (Å²) >= 11 is 0. The summed E-state index contributed by atoms with van der Waals surface area (Å²) in [5.41, 5.74) is 1.26. The maximum absolute atomic E-state index is 12.3. The normalized spacial score (nSPS) is 17.5. The topological polar surface area (TPSA) is 41.6 Å². The summed E-state index contributed by atoms with van der Waals surface area (Å²) in [5.74, 6) is 1.81. The minimum atomic E-state index is 0. The Morgan fingerprint density at radius 3 is 2.74 bits per heavy atom. The van der Waals surface area contributed by atoms with Gasteiger partial charge in [0.2, 0.25) is 5.91 Å². The third kappa shape index (κ3) is 6.40. The number of rotatable bonds is 7. The van der Waals surface area contributed by atoms with Crippen molar-refractivity contribution in [2.24, 2.45) is 5.92 Å². The molecular weight excluding hydrogens is 312 g/mol. The van der Waals surface area contributed by atoms with E-state index in [1.165, 1.54) is 12.0 Å². The Balaban J connectivity index is 0.00000264. The lowest BCUT2D eigenvalue weighted by Gasteiger charge is -2.32. The van der Waals surface area contributed by atoms with Gasteiger partial charge in [0.05, 0.1) is 7.11 Å². The molecule has 5 heteroatoms. The van der Waals surface area contributed by atoms with Crippen LogP contribution in [0.3, 0.4) is 0 Å². The van der Waals surface area contributed by atoms with Crippen molar-refractivity contribution in [3.8, 4) is 5.75 Å². The van der Waals surface area contributed by atoms with Crippen LogP contribution in [0.25, 0.3) is 0 Å². The number of aryl methyl sites for hydroxylation is 1. The second kappa shape index (κ2) is 10.5. The maximum Gasteiger partial charge on any atom is 0.222 e. The number of halogens is 1. The van der Waals surface area contributed by atoms with Gasteiger partial charge >= 0.3 is 0 Å². The van der Waals surface area contributed by atoms with Crippen molar-refractivity contribution in [1.82, 2.24) is 10.2 Å². The quantitative estimate of drug-likeness (QED) is 0.829. The molecule has 23 heavy (non-hydrogen) atoms. The van der Waals surface area contributed by atoms with E-state index in [9.17, 15) is 4.79 Å². The van der Waals surface area contributed by atoms with Gasteiger partial charge in [-0.2, -0.15) is 0 Å². The van der Waals surface area contributed by atoms with E-state index in [4.69, 9.17) is 4.74 Å². The number of methoxy groups -OCH3 is 1. The van der Waals surface area contributed by atoms with Gasteiger partial charge in [0.15, 0.2) is 0 Å². The van der Waals surface area contributed by atoms with Gasteiger partial charge in [0.25, 0.3) is 0 Å². The van der Waals surface area contributed by atoms with Crippen LogP contribution in [0.5, 0.6) is 5.75 Å². The number of amides is 1. The molecule has 1 aromatic carbocycles. The van der Waals surface area contributed by atoms with Crippen LogP contribution in [0, 0.1) is 5.92 Å². The Bertz CT molecular complexity index is 463. The summed E-state index contributed by atoms with van der Waals surface area (Å²) in [5, 5.41) is 3.22. The van der Waals surface area contributed by atoms with Crippen LogP contribution in [0.4, 0.5) is 0 Å². The molecule has 0 saturated carbocycles. The molecule has 1 heterocycles. The fraction of sp³-hybridized carbons (Fsp3) is 0.611. The predicted molar refractivity (Wildman–Crippen MR) is 96.4 cm³/mol. The van der Waals surface area contributed by atoms with Gasteiger partial charge in [-0.05, 0) is 62.9 Å². The third-order valence-corrected chi connectivity index (χ3v) is 4.38. The molecule has 0 spiro atoms. The van der Waals surface area contributed by atoms with E-state index in [0.29, 0.717) is 18.2 Å². The first-order chi connectivity index (χ1) is 10.7. The largest absolute Gasteiger partial charge is 0.497 e. The fourth-order valence-corrected chi connectivity index (χ4v) is 3.14. The van der Waals surface area contributed by atoms with Crippen molar-refractivity contribution in [2.45, 2.75) is 32.1 Å². The van der Waals surface area contributed by atoms with Crippen molar-refractivity contribution in [2.75, 3.05) is 33.8 Å². The van der Waals surface area contributed by atoms with E-state index in [-0.39, 0.29) is 12.4 Å². The average molecular weight is 341 g/mol. The van der Waals surface area contributed by atoms with Crippen LogP contribution >= 0.6 is 12.4 Å². The molecule has 1 aliphatic rings. The molecule has 1 unspecified atom stereocenters. The molecule has 0 radical (unpaired) electrons. The third-order valence-electron chi connectivity index (χ3n) is 4.38. The molecule has 2 rings (SSSR count). The molecule has 1 atom stereocenters. The van der Waals surface area contributed by atoms with Crippen LogP contribution in [0.1, 0.15) is 31.2 Å². The Labute approximate surface area is 146 Å². The number of hydrogen-bond donors (Lipinski definition) is 1. The molecule has 0 aliphatic carbocycles. The van der Waals surface area contributed by atoms with Gasteiger partial charge in [-0.25, -0.2) is 0 Å². The zero-order valence-corrected chi connectivity index (χ0v) is 15.0. The number of piperidine rings is 1. The van der Waals surface area contributed by atoms with Crippen molar-refractivity contribution in [3.05, 3.63) is 29.8 Å². The highest BCUT2D eigenvalue weighted by atomic mass is 35.5. The molecule has 0 aromatic heterocycles. The molecule has 1 N–H and O–H groups in total. The molecule has 130 valence electrons. The fourth-order valence-electron chi connectivity index (χ4n) is 3.14. The Kier molecular flexibility index (Phi) is 9.03. The molecular formula is C18H29ClN2O2. The van der Waals surface area contributed by atoms with Crippen molar-refractivity contribution in [1.29, 1.82) is 0 Å². The highest BCUT2D eigenvalue weighted by Gasteiger charge is 2.22. The van der Waals surface area contributed by atoms with Crippen LogP contribution in [-0.2, 0) is 11.2 Å². The Morgan fingerprint density at radius 2 is 2.09 bits per heavy atom. The van der Waals surface area contributed by atoms with Gasteiger partial charge < -0.3 is 15.0 Å². The first-order valence-electron chi connectivity index (χ1n) is 8.28. The first kappa shape index (κ1) is 19.8. The Morgan fingerprint density at radius 1 is 1.35 bits per heavy atom. The zero-order chi connectivity index (χ0) is 15.8. The summed E-state index contributed by atoms with van der Waals surface area (Å²) in [6.45, 7) is 2.86. The number of carbonyl (C=O) groups is 1. The Hall–Kier alpha value is -1.26. The minimum absolute atomic E-state index is 0. The van der Waals surface area contributed by atoms with Gasteiger partial charge in [-0.1, -0.05) is 12.1 Å². The molecule has 1 amide bonds.